The molecule has 0 aliphatic heterocycles. The van der Waals surface area contributed by atoms with E-state index in [9.17, 15) is 4.79 Å². The normalized spacial score (nSPS) is 29.2. The summed E-state index contributed by atoms with van der Waals surface area (Å²) in [5.41, 5.74) is 2.03. The summed E-state index contributed by atoms with van der Waals surface area (Å²) in [5.74, 6) is 2.44. The fourth-order valence-corrected chi connectivity index (χ4v) is 4.03. The molecule has 1 aromatic heterocycles. The lowest BCUT2D eigenvalue weighted by Gasteiger charge is -2.18. The topological polar surface area (TPSA) is 30.2 Å². The molecule has 2 aliphatic carbocycles. The van der Waals surface area contributed by atoms with Crippen LogP contribution in [0.3, 0.4) is 0 Å². The van der Waals surface area contributed by atoms with Gasteiger partial charge in [0.25, 0.3) is 0 Å². The predicted octanol–water partition coefficient (Wildman–Crippen LogP) is 4.36. The molecule has 2 fully saturated rings. The van der Waals surface area contributed by atoms with Crippen LogP contribution in [-0.4, -0.2) is 5.78 Å². The summed E-state index contributed by atoms with van der Waals surface area (Å²) in [6.07, 6.45) is 4.91. The van der Waals surface area contributed by atoms with E-state index in [1.54, 1.807) is 0 Å². The number of ketones is 1. The molecule has 0 spiro atoms. The maximum Gasteiger partial charge on any atom is 0.201 e. The van der Waals surface area contributed by atoms with Crippen molar-refractivity contribution in [2.75, 3.05) is 0 Å². The Hall–Kier alpha value is -1.57. The SMILES string of the molecule is Cc1ccc2oc(C(=O)C3CC4CCC3C4)cc2c1. The molecule has 1 aromatic carbocycles. The van der Waals surface area contributed by atoms with Crippen LogP contribution in [0.4, 0.5) is 0 Å². The lowest BCUT2D eigenvalue weighted by molar-refractivity contribution is 0.0848. The van der Waals surface area contributed by atoms with E-state index in [-0.39, 0.29) is 11.7 Å². The van der Waals surface area contributed by atoms with Crippen LogP contribution in [0.1, 0.15) is 41.8 Å². The Bertz CT molecular complexity index is 652. The van der Waals surface area contributed by atoms with Crippen LogP contribution in [0.15, 0.2) is 28.7 Å². The van der Waals surface area contributed by atoms with Gasteiger partial charge in [0.1, 0.15) is 5.58 Å². The molecule has 2 saturated carbocycles. The van der Waals surface area contributed by atoms with Crippen molar-refractivity contribution in [3.8, 4) is 0 Å². The van der Waals surface area contributed by atoms with Gasteiger partial charge in [0.05, 0.1) is 0 Å². The fourth-order valence-electron chi connectivity index (χ4n) is 4.03. The Morgan fingerprint density at radius 3 is 2.84 bits per heavy atom. The number of rotatable bonds is 2. The Labute approximate surface area is 112 Å². The second-order valence-electron chi connectivity index (χ2n) is 6.30. The van der Waals surface area contributed by atoms with Crippen LogP contribution < -0.4 is 0 Å². The summed E-state index contributed by atoms with van der Waals surface area (Å²) in [4.78, 5) is 12.6. The van der Waals surface area contributed by atoms with E-state index in [4.69, 9.17) is 4.42 Å². The van der Waals surface area contributed by atoms with Crippen molar-refractivity contribution in [2.45, 2.75) is 32.6 Å². The first kappa shape index (κ1) is 11.3. The average molecular weight is 254 g/mol. The quantitative estimate of drug-likeness (QED) is 0.745. The summed E-state index contributed by atoms with van der Waals surface area (Å²) in [6, 6.07) is 7.99. The number of carbonyl (C=O) groups excluding carboxylic acids is 1. The largest absolute Gasteiger partial charge is 0.453 e. The molecule has 0 radical (unpaired) electrons. The first-order valence-electron chi connectivity index (χ1n) is 7.25. The minimum atomic E-state index is 0.223. The molecule has 0 N–H and O–H groups in total. The lowest BCUT2D eigenvalue weighted by Crippen LogP contribution is -2.20. The Morgan fingerprint density at radius 2 is 2.11 bits per heavy atom. The van der Waals surface area contributed by atoms with Gasteiger partial charge in [-0.1, -0.05) is 18.1 Å². The van der Waals surface area contributed by atoms with Crippen molar-refractivity contribution in [3.63, 3.8) is 0 Å². The third-order valence-corrected chi connectivity index (χ3v) is 4.99. The molecule has 1 heterocycles. The first-order chi connectivity index (χ1) is 9.20. The predicted molar refractivity (Wildman–Crippen MR) is 74.2 cm³/mol. The van der Waals surface area contributed by atoms with E-state index >= 15 is 0 Å². The van der Waals surface area contributed by atoms with Crippen molar-refractivity contribution >= 4 is 16.8 Å². The third kappa shape index (κ3) is 1.73. The number of aryl methyl sites for hydroxylation is 1. The summed E-state index contributed by atoms with van der Waals surface area (Å²) in [6.45, 7) is 2.06. The van der Waals surface area contributed by atoms with Crippen molar-refractivity contribution in [1.82, 2.24) is 0 Å². The standard InChI is InChI=1S/C17H18O2/c1-10-2-5-15-13(6-10)9-16(19-15)17(18)14-8-11-3-4-12(14)7-11/h2,5-6,9,11-12,14H,3-4,7-8H2,1H3. The smallest absolute Gasteiger partial charge is 0.201 e. The number of hydrogen-bond acceptors (Lipinski definition) is 2. The zero-order chi connectivity index (χ0) is 13.0. The summed E-state index contributed by atoms with van der Waals surface area (Å²) in [5, 5.41) is 1.05. The number of Topliss-reactive ketones (excluding diaryl/α,β-unsaturated/α-hetero) is 1. The molecule has 19 heavy (non-hydrogen) atoms. The highest BCUT2D eigenvalue weighted by Crippen LogP contribution is 2.49. The van der Waals surface area contributed by atoms with Crippen molar-refractivity contribution in [3.05, 3.63) is 35.6 Å². The Kier molecular flexibility index (Phi) is 2.35. The highest BCUT2D eigenvalue weighted by molar-refractivity contribution is 5.99. The molecule has 2 bridgehead atoms. The number of fused-ring (bicyclic) bond motifs is 3. The van der Waals surface area contributed by atoms with Crippen LogP contribution in [0.25, 0.3) is 11.0 Å². The van der Waals surface area contributed by atoms with Gasteiger partial charge in [0.2, 0.25) is 5.78 Å². The Morgan fingerprint density at radius 1 is 1.21 bits per heavy atom. The maximum absolute atomic E-state index is 12.6. The zero-order valence-electron chi connectivity index (χ0n) is 11.2. The van der Waals surface area contributed by atoms with Crippen LogP contribution in [-0.2, 0) is 0 Å². The monoisotopic (exact) mass is 254 g/mol. The lowest BCUT2D eigenvalue weighted by atomic mass is 9.85. The van der Waals surface area contributed by atoms with Crippen LogP contribution in [0.5, 0.6) is 0 Å². The maximum atomic E-state index is 12.6. The molecule has 4 rings (SSSR count). The van der Waals surface area contributed by atoms with E-state index in [1.807, 2.05) is 18.2 Å². The van der Waals surface area contributed by atoms with Crippen molar-refractivity contribution in [1.29, 1.82) is 0 Å². The molecule has 3 atom stereocenters. The zero-order valence-corrected chi connectivity index (χ0v) is 11.2. The molecule has 0 amide bonds. The molecule has 98 valence electrons. The Balaban J connectivity index is 1.68. The van der Waals surface area contributed by atoms with E-state index in [0.29, 0.717) is 11.7 Å². The fraction of sp³-hybridized carbons (Fsp3) is 0.471. The average Bonchev–Trinajstić information content (AvgIpc) is 3.11. The van der Waals surface area contributed by atoms with Crippen LogP contribution in [0, 0.1) is 24.7 Å². The molecule has 3 unspecified atom stereocenters. The van der Waals surface area contributed by atoms with E-state index in [1.165, 1.54) is 24.8 Å². The van der Waals surface area contributed by atoms with Crippen LogP contribution >= 0.6 is 0 Å². The van der Waals surface area contributed by atoms with E-state index < -0.39 is 0 Å². The van der Waals surface area contributed by atoms with E-state index in [2.05, 4.69) is 13.0 Å². The van der Waals surface area contributed by atoms with Gasteiger partial charge in [-0.15, -0.1) is 0 Å². The van der Waals surface area contributed by atoms with Gasteiger partial charge >= 0.3 is 0 Å². The molecule has 0 saturated heterocycles. The van der Waals surface area contributed by atoms with Gasteiger partial charge in [-0.25, -0.2) is 0 Å². The minimum absolute atomic E-state index is 0.223. The van der Waals surface area contributed by atoms with Gasteiger partial charge < -0.3 is 4.42 Å². The van der Waals surface area contributed by atoms with E-state index in [0.717, 1.165) is 23.3 Å². The second kappa shape index (κ2) is 3.96. The molecule has 2 nitrogen and oxygen atoms in total. The van der Waals surface area contributed by atoms with Gasteiger partial charge in [-0.05, 0) is 56.2 Å². The van der Waals surface area contributed by atoms with Crippen molar-refractivity contribution in [2.24, 2.45) is 17.8 Å². The molecular formula is C17H18O2. The molecule has 2 aliphatic rings. The van der Waals surface area contributed by atoms with Gasteiger partial charge in [-0.2, -0.15) is 0 Å². The summed E-state index contributed by atoms with van der Waals surface area (Å²) < 4.78 is 5.76. The van der Waals surface area contributed by atoms with Crippen molar-refractivity contribution < 1.29 is 9.21 Å². The molecule has 2 aromatic rings. The number of carbonyl (C=O) groups is 1. The molecular weight excluding hydrogens is 236 g/mol. The van der Waals surface area contributed by atoms with Gasteiger partial charge in [0, 0.05) is 11.3 Å². The highest BCUT2D eigenvalue weighted by atomic mass is 16.3. The van der Waals surface area contributed by atoms with Crippen LogP contribution in [0.2, 0.25) is 0 Å². The second-order valence-corrected chi connectivity index (χ2v) is 6.30. The highest BCUT2D eigenvalue weighted by Gasteiger charge is 2.43. The molecule has 2 heteroatoms. The number of benzene rings is 1. The summed E-state index contributed by atoms with van der Waals surface area (Å²) in [7, 11) is 0. The minimum Gasteiger partial charge on any atom is -0.453 e. The number of hydrogen-bond donors (Lipinski definition) is 0. The third-order valence-electron chi connectivity index (χ3n) is 4.99. The summed E-state index contributed by atoms with van der Waals surface area (Å²) >= 11 is 0. The van der Waals surface area contributed by atoms with Gasteiger partial charge in [0.15, 0.2) is 5.76 Å². The van der Waals surface area contributed by atoms with Gasteiger partial charge in [-0.3, -0.25) is 4.79 Å². The number of furan rings is 1. The first-order valence-corrected chi connectivity index (χ1v) is 7.25.